The Hall–Kier alpha value is -1.48. The van der Waals surface area contributed by atoms with Gasteiger partial charge >= 0.3 is 0 Å². The molecule has 0 amide bonds. The first-order chi connectivity index (χ1) is 8.51. The molecule has 0 aliphatic carbocycles. The molecule has 96 valence electrons. The van der Waals surface area contributed by atoms with Crippen LogP contribution in [0.5, 0.6) is 0 Å². The van der Waals surface area contributed by atoms with Crippen molar-refractivity contribution in [3.8, 4) is 0 Å². The molecule has 0 radical (unpaired) electrons. The fourth-order valence-corrected chi connectivity index (χ4v) is 2.30. The topological polar surface area (TPSA) is 38.9 Å². The van der Waals surface area contributed by atoms with E-state index in [2.05, 4.69) is 11.9 Å². The van der Waals surface area contributed by atoms with Crippen molar-refractivity contribution in [3.05, 3.63) is 40.8 Å². The predicted octanol–water partition coefficient (Wildman–Crippen LogP) is 3.13. The van der Waals surface area contributed by atoms with Crippen LogP contribution in [-0.4, -0.2) is 11.5 Å². The highest BCUT2D eigenvalue weighted by molar-refractivity contribution is 5.85. The molecule has 0 spiro atoms. The van der Waals surface area contributed by atoms with E-state index in [-0.39, 0.29) is 5.82 Å². The summed E-state index contributed by atoms with van der Waals surface area (Å²) in [6.45, 7) is 6.63. The number of aryl methyl sites for hydroxylation is 2. The number of hydrogen-bond donors (Lipinski definition) is 1. The molecule has 0 aliphatic heterocycles. The van der Waals surface area contributed by atoms with E-state index in [1.165, 1.54) is 0 Å². The van der Waals surface area contributed by atoms with E-state index in [9.17, 15) is 4.39 Å². The molecule has 3 heteroatoms. The molecule has 1 aromatic heterocycles. The predicted molar refractivity (Wildman–Crippen MR) is 73.1 cm³/mol. The van der Waals surface area contributed by atoms with Crippen molar-refractivity contribution in [1.29, 1.82) is 0 Å². The minimum Gasteiger partial charge on any atom is -0.330 e. The summed E-state index contributed by atoms with van der Waals surface area (Å²) in [6.07, 6.45) is 0.765. The lowest BCUT2D eigenvalue weighted by Gasteiger charge is -2.13. The molecule has 2 aromatic rings. The van der Waals surface area contributed by atoms with E-state index in [1.807, 2.05) is 19.9 Å². The van der Waals surface area contributed by atoms with Gasteiger partial charge in [0.15, 0.2) is 0 Å². The molecule has 0 fully saturated rings. The normalized spacial score (nSPS) is 12.9. The van der Waals surface area contributed by atoms with Crippen LogP contribution >= 0.6 is 0 Å². The van der Waals surface area contributed by atoms with E-state index < -0.39 is 0 Å². The fraction of sp³-hybridized carbons (Fsp3) is 0.400. The molecule has 2 nitrogen and oxygen atoms in total. The molecule has 1 atom stereocenters. The van der Waals surface area contributed by atoms with Gasteiger partial charge in [-0.3, -0.25) is 4.98 Å². The second kappa shape index (κ2) is 5.02. The first-order valence-electron chi connectivity index (χ1n) is 6.27. The van der Waals surface area contributed by atoms with Crippen molar-refractivity contribution in [2.75, 3.05) is 6.54 Å². The molecule has 1 unspecified atom stereocenters. The third-order valence-electron chi connectivity index (χ3n) is 3.26. The maximum atomic E-state index is 13.7. The van der Waals surface area contributed by atoms with Crippen molar-refractivity contribution in [2.24, 2.45) is 11.7 Å². The van der Waals surface area contributed by atoms with Gasteiger partial charge in [-0.2, -0.15) is 0 Å². The summed E-state index contributed by atoms with van der Waals surface area (Å²) >= 11 is 0. The third kappa shape index (κ3) is 2.51. The van der Waals surface area contributed by atoms with Crippen LogP contribution < -0.4 is 5.73 Å². The van der Waals surface area contributed by atoms with E-state index in [4.69, 9.17) is 5.73 Å². The van der Waals surface area contributed by atoms with Gasteiger partial charge in [-0.25, -0.2) is 4.39 Å². The van der Waals surface area contributed by atoms with Crippen LogP contribution in [0.25, 0.3) is 10.9 Å². The van der Waals surface area contributed by atoms with Crippen LogP contribution in [0.4, 0.5) is 4.39 Å². The van der Waals surface area contributed by atoms with Crippen LogP contribution in [-0.2, 0) is 6.42 Å². The SMILES string of the molecule is Cc1cc(C)c2cc(F)cc(CC(C)CN)c2n1. The number of hydrogen-bond acceptors (Lipinski definition) is 2. The van der Waals surface area contributed by atoms with E-state index in [0.717, 1.165) is 34.1 Å². The Labute approximate surface area is 107 Å². The van der Waals surface area contributed by atoms with Gasteiger partial charge in [0.2, 0.25) is 0 Å². The molecule has 0 saturated heterocycles. The zero-order valence-corrected chi connectivity index (χ0v) is 11.1. The molecule has 18 heavy (non-hydrogen) atoms. The fourth-order valence-electron chi connectivity index (χ4n) is 2.30. The van der Waals surface area contributed by atoms with Crippen LogP contribution in [0.1, 0.15) is 23.7 Å². The highest BCUT2D eigenvalue weighted by atomic mass is 19.1. The van der Waals surface area contributed by atoms with Crippen molar-refractivity contribution in [2.45, 2.75) is 27.2 Å². The van der Waals surface area contributed by atoms with E-state index in [0.29, 0.717) is 12.5 Å². The Morgan fingerprint density at radius 3 is 2.67 bits per heavy atom. The third-order valence-corrected chi connectivity index (χ3v) is 3.26. The summed E-state index contributed by atoms with van der Waals surface area (Å²) in [7, 11) is 0. The van der Waals surface area contributed by atoms with Gasteiger partial charge < -0.3 is 5.73 Å². The maximum absolute atomic E-state index is 13.7. The summed E-state index contributed by atoms with van der Waals surface area (Å²) in [5.74, 6) is 0.132. The lowest BCUT2D eigenvalue weighted by molar-refractivity contribution is 0.586. The summed E-state index contributed by atoms with van der Waals surface area (Å²) in [6, 6.07) is 5.13. The van der Waals surface area contributed by atoms with Gasteiger partial charge in [-0.1, -0.05) is 6.92 Å². The van der Waals surface area contributed by atoms with Crippen LogP contribution in [0.15, 0.2) is 18.2 Å². The molecule has 1 aromatic carbocycles. The highest BCUT2D eigenvalue weighted by Gasteiger charge is 2.11. The number of benzene rings is 1. The summed E-state index contributed by atoms with van der Waals surface area (Å²) in [4.78, 5) is 4.56. The zero-order chi connectivity index (χ0) is 13.3. The van der Waals surface area contributed by atoms with Gasteiger partial charge in [-0.15, -0.1) is 0 Å². The number of rotatable bonds is 3. The highest BCUT2D eigenvalue weighted by Crippen LogP contribution is 2.24. The molecule has 0 aliphatic rings. The molecule has 2 N–H and O–H groups in total. The standard InChI is InChI=1S/C15H19FN2/c1-9(8-17)4-12-6-13(16)7-14-10(2)5-11(3)18-15(12)14/h5-7,9H,4,8,17H2,1-3H3. The minimum absolute atomic E-state index is 0.199. The van der Waals surface area contributed by atoms with Crippen molar-refractivity contribution in [1.82, 2.24) is 4.98 Å². The van der Waals surface area contributed by atoms with Crippen LogP contribution in [0.2, 0.25) is 0 Å². The lowest BCUT2D eigenvalue weighted by atomic mass is 9.97. The molecular weight excluding hydrogens is 227 g/mol. The Bertz CT molecular complexity index is 578. The average Bonchev–Trinajstić information content (AvgIpc) is 2.30. The maximum Gasteiger partial charge on any atom is 0.124 e. The quantitative estimate of drug-likeness (QED) is 0.903. The first-order valence-corrected chi connectivity index (χ1v) is 6.27. The summed E-state index contributed by atoms with van der Waals surface area (Å²) in [5, 5.41) is 0.903. The van der Waals surface area contributed by atoms with Gasteiger partial charge in [0, 0.05) is 11.1 Å². The Balaban J connectivity index is 2.64. The molecule has 1 heterocycles. The van der Waals surface area contributed by atoms with Gasteiger partial charge in [-0.05, 0) is 62.1 Å². The number of pyridine rings is 1. The number of fused-ring (bicyclic) bond motifs is 1. The Morgan fingerprint density at radius 1 is 1.28 bits per heavy atom. The monoisotopic (exact) mass is 246 g/mol. The first kappa shape index (κ1) is 13.0. The second-order valence-corrected chi connectivity index (χ2v) is 5.09. The van der Waals surface area contributed by atoms with Crippen molar-refractivity contribution < 1.29 is 4.39 Å². The van der Waals surface area contributed by atoms with Gasteiger partial charge in [0.25, 0.3) is 0 Å². The molecule has 0 bridgehead atoms. The number of halogens is 1. The average molecular weight is 246 g/mol. The zero-order valence-electron chi connectivity index (χ0n) is 11.1. The van der Waals surface area contributed by atoms with E-state index in [1.54, 1.807) is 12.1 Å². The second-order valence-electron chi connectivity index (χ2n) is 5.09. The minimum atomic E-state index is -0.199. The van der Waals surface area contributed by atoms with Crippen LogP contribution in [0.3, 0.4) is 0 Å². The summed E-state index contributed by atoms with van der Waals surface area (Å²) in [5.41, 5.74) is 9.55. The Kier molecular flexibility index (Phi) is 3.62. The van der Waals surface area contributed by atoms with Gasteiger partial charge in [0.1, 0.15) is 5.82 Å². The van der Waals surface area contributed by atoms with E-state index >= 15 is 0 Å². The summed E-state index contributed by atoms with van der Waals surface area (Å²) < 4.78 is 13.7. The van der Waals surface area contributed by atoms with Crippen LogP contribution in [0, 0.1) is 25.6 Å². The largest absolute Gasteiger partial charge is 0.330 e. The smallest absolute Gasteiger partial charge is 0.124 e. The molecular formula is C15H19FN2. The number of aromatic nitrogens is 1. The molecule has 2 rings (SSSR count). The molecule has 0 saturated carbocycles. The van der Waals surface area contributed by atoms with Gasteiger partial charge in [0.05, 0.1) is 5.52 Å². The van der Waals surface area contributed by atoms with Crippen molar-refractivity contribution in [3.63, 3.8) is 0 Å². The lowest BCUT2D eigenvalue weighted by Crippen LogP contribution is -2.13. The number of nitrogens with two attached hydrogens (primary N) is 1. The van der Waals surface area contributed by atoms with Crippen molar-refractivity contribution >= 4 is 10.9 Å². The Morgan fingerprint density at radius 2 is 2.00 bits per heavy atom. The number of nitrogens with zero attached hydrogens (tertiary/aromatic N) is 1.